The Bertz CT molecular complexity index is 521. The Kier molecular flexibility index (Phi) is 2.80. The molecule has 2 atom stereocenters. The van der Waals surface area contributed by atoms with Gasteiger partial charge >= 0.3 is 0 Å². The maximum absolute atomic E-state index is 12.4. The average Bonchev–Trinajstić information content (AvgIpc) is 3.36. The van der Waals surface area contributed by atoms with Crippen LogP contribution in [-0.2, 0) is 9.53 Å². The second-order valence-corrected chi connectivity index (χ2v) is 6.09. The normalized spacial score (nSPS) is 30.6. The van der Waals surface area contributed by atoms with Crippen LogP contribution >= 0.6 is 0 Å². The van der Waals surface area contributed by atoms with Gasteiger partial charge in [0.15, 0.2) is 5.82 Å². The molecule has 6 heteroatoms. The number of hydrogen-bond donors (Lipinski definition) is 0. The molecule has 0 aromatic carbocycles. The molecule has 1 aromatic rings. The van der Waals surface area contributed by atoms with Gasteiger partial charge in [0.05, 0.1) is 12.7 Å². The molecule has 3 fully saturated rings. The minimum atomic E-state index is -0.225. The van der Waals surface area contributed by atoms with Crippen LogP contribution in [-0.4, -0.2) is 40.2 Å². The van der Waals surface area contributed by atoms with Gasteiger partial charge in [-0.15, -0.1) is 0 Å². The van der Waals surface area contributed by atoms with Crippen molar-refractivity contribution < 1.29 is 14.1 Å². The zero-order valence-electron chi connectivity index (χ0n) is 11.6. The molecule has 0 bridgehead atoms. The van der Waals surface area contributed by atoms with Crippen molar-refractivity contribution in [1.29, 1.82) is 0 Å². The minimum Gasteiger partial charge on any atom is -0.374 e. The predicted octanol–water partition coefficient (Wildman–Crippen LogP) is 1.65. The summed E-state index contributed by atoms with van der Waals surface area (Å²) in [6.07, 6.45) is 4.20. The number of nitrogens with zero attached hydrogens (tertiary/aromatic N) is 3. The quantitative estimate of drug-likeness (QED) is 0.840. The second kappa shape index (κ2) is 4.55. The fourth-order valence-electron chi connectivity index (χ4n) is 2.84. The van der Waals surface area contributed by atoms with Gasteiger partial charge in [-0.1, -0.05) is 5.16 Å². The Morgan fingerprint density at radius 2 is 2.10 bits per heavy atom. The lowest BCUT2D eigenvalue weighted by Gasteiger charge is -2.37. The molecule has 4 rings (SSSR count). The van der Waals surface area contributed by atoms with Crippen LogP contribution in [0.15, 0.2) is 4.52 Å². The molecule has 2 aliphatic carbocycles. The first-order chi connectivity index (χ1) is 9.74. The van der Waals surface area contributed by atoms with Crippen molar-refractivity contribution in [3.8, 4) is 0 Å². The van der Waals surface area contributed by atoms with Gasteiger partial charge in [0, 0.05) is 18.4 Å². The number of carbonyl (C=O) groups is 1. The topological polar surface area (TPSA) is 68.5 Å². The lowest BCUT2D eigenvalue weighted by atomic mass is 10.1. The van der Waals surface area contributed by atoms with Crippen molar-refractivity contribution in [2.45, 2.75) is 50.7 Å². The minimum absolute atomic E-state index is 0.0982. The molecule has 1 amide bonds. The average molecular weight is 277 g/mol. The van der Waals surface area contributed by atoms with Gasteiger partial charge in [0.2, 0.25) is 5.91 Å². The van der Waals surface area contributed by atoms with E-state index in [1.54, 1.807) is 0 Å². The lowest BCUT2D eigenvalue weighted by Crippen LogP contribution is -2.48. The Morgan fingerprint density at radius 1 is 1.30 bits per heavy atom. The molecule has 108 valence electrons. The van der Waals surface area contributed by atoms with E-state index in [4.69, 9.17) is 9.26 Å². The third kappa shape index (κ3) is 2.12. The molecule has 1 aliphatic heterocycles. The monoisotopic (exact) mass is 277 g/mol. The summed E-state index contributed by atoms with van der Waals surface area (Å²) >= 11 is 0. The van der Waals surface area contributed by atoms with Gasteiger partial charge in [-0.3, -0.25) is 4.79 Å². The Labute approximate surface area is 117 Å². The van der Waals surface area contributed by atoms with Crippen molar-refractivity contribution in [2.75, 3.05) is 13.2 Å². The van der Waals surface area contributed by atoms with E-state index in [0.717, 1.165) is 31.5 Å². The van der Waals surface area contributed by atoms with Crippen molar-refractivity contribution in [1.82, 2.24) is 15.0 Å². The zero-order valence-corrected chi connectivity index (χ0v) is 11.6. The molecule has 1 aromatic heterocycles. The molecule has 0 radical (unpaired) electrons. The van der Waals surface area contributed by atoms with Crippen molar-refractivity contribution in [3.05, 3.63) is 11.7 Å². The smallest absolute Gasteiger partial charge is 0.252 e. The van der Waals surface area contributed by atoms with E-state index in [2.05, 4.69) is 10.1 Å². The van der Waals surface area contributed by atoms with Gasteiger partial charge in [-0.05, 0) is 32.6 Å². The largest absolute Gasteiger partial charge is 0.374 e. The highest BCUT2D eigenvalue weighted by Gasteiger charge is 2.43. The third-order valence-electron chi connectivity index (χ3n) is 4.36. The Balaban J connectivity index is 1.60. The molecule has 0 N–H and O–H groups in total. The predicted molar refractivity (Wildman–Crippen MR) is 68.9 cm³/mol. The summed E-state index contributed by atoms with van der Waals surface area (Å²) in [5, 5.41) is 4.06. The number of carbonyl (C=O) groups excluding carboxylic acids is 1. The zero-order chi connectivity index (χ0) is 13.7. The van der Waals surface area contributed by atoms with Crippen LogP contribution in [0.2, 0.25) is 0 Å². The highest BCUT2D eigenvalue weighted by atomic mass is 16.5. The number of ether oxygens (including phenoxy) is 1. The fourth-order valence-corrected chi connectivity index (χ4v) is 2.84. The first-order valence-corrected chi connectivity index (χ1v) is 7.49. The maximum Gasteiger partial charge on any atom is 0.252 e. The summed E-state index contributed by atoms with van der Waals surface area (Å²) in [6, 6.07) is -0.225. The molecular weight excluding hydrogens is 258 g/mol. The number of hydrogen-bond acceptors (Lipinski definition) is 5. The van der Waals surface area contributed by atoms with Crippen molar-refractivity contribution >= 4 is 5.91 Å². The molecule has 6 nitrogen and oxygen atoms in total. The van der Waals surface area contributed by atoms with Crippen LogP contribution in [0.4, 0.5) is 0 Å². The molecule has 0 spiro atoms. The standard InChI is InChI=1S/C14H19N3O3/c1-8-11(13-15-12(16-20-13)9-2-3-9)17(6-7-19-8)14(18)10-4-5-10/h8-11H,2-7H2,1H3/t8-,11+/m1/s1. The first kappa shape index (κ1) is 12.3. The van der Waals surface area contributed by atoms with Crippen LogP contribution < -0.4 is 0 Å². The molecule has 20 heavy (non-hydrogen) atoms. The van der Waals surface area contributed by atoms with E-state index < -0.39 is 0 Å². The summed E-state index contributed by atoms with van der Waals surface area (Å²) in [5.41, 5.74) is 0. The summed E-state index contributed by atoms with van der Waals surface area (Å²) in [4.78, 5) is 18.8. The summed E-state index contributed by atoms with van der Waals surface area (Å²) in [6.45, 7) is 3.17. The highest BCUT2D eigenvalue weighted by Crippen LogP contribution is 2.40. The van der Waals surface area contributed by atoms with Crippen LogP contribution in [0.5, 0.6) is 0 Å². The molecule has 3 aliphatic rings. The third-order valence-corrected chi connectivity index (χ3v) is 4.36. The van der Waals surface area contributed by atoms with Crippen LogP contribution in [0.25, 0.3) is 0 Å². The van der Waals surface area contributed by atoms with E-state index in [1.165, 1.54) is 0 Å². The highest BCUT2D eigenvalue weighted by molar-refractivity contribution is 5.81. The maximum atomic E-state index is 12.4. The number of rotatable bonds is 3. The van der Waals surface area contributed by atoms with E-state index in [0.29, 0.717) is 25.0 Å². The molecule has 2 heterocycles. The number of aromatic nitrogens is 2. The van der Waals surface area contributed by atoms with E-state index in [9.17, 15) is 4.79 Å². The molecule has 0 unspecified atom stereocenters. The SMILES string of the molecule is C[C@H]1OCCN(C(=O)C2CC2)[C@@H]1c1nc(C2CC2)no1. The lowest BCUT2D eigenvalue weighted by molar-refractivity contribution is -0.148. The van der Waals surface area contributed by atoms with Gasteiger partial charge in [-0.25, -0.2) is 0 Å². The van der Waals surface area contributed by atoms with Crippen molar-refractivity contribution in [2.24, 2.45) is 5.92 Å². The summed E-state index contributed by atoms with van der Waals surface area (Å²) in [7, 11) is 0. The fraction of sp³-hybridized carbons (Fsp3) is 0.786. The van der Waals surface area contributed by atoms with Crippen LogP contribution in [0, 0.1) is 5.92 Å². The first-order valence-electron chi connectivity index (χ1n) is 7.49. The second-order valence-electron chi connectivity index (χ2n) is 6.09. The van der Waals surface area contributed by atoms with E-state index >= 15 is 0 Å². The molecule has 1 saturated heterocycles. The van der Waals surface area contributed by atoms with E-state index in [1.807, 2.05) is 11.8 Å². The molecular formula is C14H19N3O3. The van der Waals surface area contributed by atoms with Crippen molar-refractivity contribution in [3.63, 3.8) is 0 Å². The Hall–Kier alpha value is -1.43. The van der Waals surface area contributed by atoms with Gasteiger partial charge in [0.25, 0.3) is 5.89 Å². The van der Waals surface area contributed by atoms with E-state index in [-0.39, 0.29) is 24.0 Å². The van der Waals surface area contributed by atoms with Crippen LogP contribution in [0.3, 0.4) is 0 Å². The van der Waals surface area contributed by atoms with Crippen LogP contribution in [0.1, 0.15) is 56.3 Å². The number of amides is 1. The number of morpholine rings is 1. The van der Waals surface area contributed by atoms with Gasteiger partial charge < -0.3 is 14.2 Å². The molecule has 2 saturated carbocycles. The summed E-state index contributed by atoms with van der Waals surface area (Å²) < 4.78 is 11.1. The summed E-state index contributed by atoms with van der Waals surface area (Å²) in [5.74, 6) is 2.20. The van der Waals surface area contributed by atoms with Gasteiger partial charge in [0.1, 0.15) is 6.04 Å². The van der Waals surface area contributed by atoms with Gasteiger partial charge in [-0.2, -0.15) is 4.98 Å². The Morgan fingerprint density at radius 3 is 2.80 bits per heavy atom.